The number of aromatic nitrogens is 1. The molecule has 0 spiro atoms. The van der Waals surface area contributed by atoms with Gasteiger partial charge in [-0.1, -0.05) is 11.6 Å². The monoisotopic (exact) mass is 158 g/mol. The number of pyridine rings is 1. The number of nitrogen functional groups attached to an aromatic ring is 1. The molecule has 0 atom stereocenters. The van der Waals surface area contributed by atoms with Crippen molar-refractivity contribution in [3.63, 3.8) is 0 Å². The SMILES string of the molecule is Nc1c(Cl)ccnc1CO. The predicted octanol–water partition coefficient (Wildman–Crippen LogP) is 0.810. The van der Waals surface area contributed by atoms with Crippen molar-refractivity contribution in [2.75, 3.05) is 5.73 Å². The largest absolute Gasteiger partial charge is 0.396 e. The summed E-state index contributed by atoms with van der Waals surface area (Å²) < 4.78 is 0. The molecule has 1 rings (SSSR count). The first kappa shape index (κ1) is 7.31. The average molecular weight is 159 g/mol. The quantitative estimate of drug-likeness (QED) is 0.636. The molecule has 1 heterocycles. The van der Waals surface area contributed by atoms with E-state index in [1.807, 2.05) is 0 Å². The minimum atomic E-state index is -0.174. The van der Waals surface area contributed by atoms with E-state index in [4.69, 9.17) is 22.4 Å². The molecule has 0 aliphatic rings. The first-order chi connectivity index (χ1) is 4.75. The number of aliphatic hydroxyl groups excluding tert-OH is 1. The molecule has 0 radical (unpaired) electrons. The lowest BCUT2D eigenvalue weighted by molar-refractivity contribution is 0.277. The molecular formula is C6H7ClN2O. The Balaban J connectivity index is 3.14. The van der Waals surface area contributed by atoms with Crippen molar-refractivity contribution < 1.29 is 5.11 Å². The van der Waals surface area contributed by atoms with E-state index in [0.29, 0.717) is 16.4 Å². The van der Waals surface area contributed by atoms with E-state index in [-0.39, 0.29) is 6.61 Å². The van der Waals surface area contributed by atoms with Gasteiger partial charge in [0.25, 0.3) is 0 Å². The molecule has 0 unspecified atom stereocenters. The number of rotatable bonds is 1. The van der Waals surface area contributed by atoms with E-state index in [1.54, 1.807) is 6.07 Å². The second-order valence-electron chi connectivity index (χ2n) is 1.81. The van der Waals surface area contributed by atoms with Crippen molar-refractivity contribution in [2.45, 2.75) is 6.61 Å². The van der Waals surface area contributed by atoms with E-state index in [0.717, 1.165) is 0 Å². The van der Waals surface area contributed by atoms with Crippen LogP contribution in [-0.2, 0) is 6.61 Å². The van der Waals surface area contributed by atoms with E-state index < -0.39 is 0 Å². The molecule has 10 heavy (non-hydrogen) atoms. The summed E-state index contributed by atoms with van der Waals surface area (Å²) in [5.74, 6) is 0. The summed E-state index contributed by atoms with van der Waals surface area (Å²) in [6.45, 7) is -0.174. The normalized spacial score (nSPS) is 9.80. The van der Waals surface area contributed by atoms with Crippen molar-refractivity contribution in [3.05, 3.63) is 23.0 Å². The molecular weight excluding hydrogens is 152 g/mol. The Labute approximate surface area is 63.5 Å². The molecule has 1 aromatic rings. The molecule has 0 bridgehead atoms. The van der Waals surface area contributed by atoms with Gasteiger partial charge < -0.3 is 10.8 Å². The molecule has 3 nitrogen and oxygen atoms in total. The summed E-state index contributed by atoms with van der Waals surface area (Å²) in [4.78, 5) is 3.80. The van der Waals surface area contributed by atoms with Gasteiger partial charge in [0, 0.05) is 6.20 Å². The summed E-state index contributed by atoms with van der Waals surface area (Å²) in [6.07, 6.45) is 1.50. The average Bonchev–Trinajstić information content (AvgIpc) is 1.95. The van der Waals surface area contributed by atoms with Crippen LogP contribution < -0.4 is 5.73 Å². The summed E-state index contributed by atoms with van der Waals surface area (Å²) in [5, 5.41) is 9.07. The molecule has 0 aliphatic heterocycles. The molecule has 54 valence electrons. The van der Waals surface area contributed by atoms with Crippen LogP contribution in [-0.4, -0.2) is 10.1 Å². The Bertz CT molecular complexity index is 239. The maximum absolute atomic E-state index is 8.64. The third-order valence-corrected chi connectivity index (χ3v) is 1.50. The van der Waals surface area contributed by atoms with Crippen LogP contribution in [0.5, 0.6) is 0 Å². The van der Waals surface area contributed by atoms with Gasteiger partial charge in [-0.3, -0.25) is 4.98 Å². The van der Waals surface area contributed by atoms with Gasteiger partial charge in [-0.05, 0) is 6.07 Å². The summed E-state index contributed by atoms with van der Waals surface area (Å²) in [5.41, 5.74) is 6.22. The molecule has 3 N–H and O–H groups in total. The molecule has 0 aliphatic carbocycles. The van der Waals surface area contributed by atoms with Crippen LogP contribution in [0.3, 0.4) is 0 Å². The first-order valence-corrected chi connectivity index (χ1v) is 3.13. The van der Waals surface area contributed by atoms with E-state index in [9.17, 15) is 0 Å². The Kier molecular flexibility index (Phi) is 2.09. The van der Waals surface area contributed by atoms with Crippen LogP contribution in [0.2, 0.25) is 5.02 Å². The summed E-state index contributed by atoms with van der Waals surface area (Å²) in [7, 11) is 0. The minimum absolute atomic E-state index is 0.174. The second-order valence-corrected chi connectivity index (χ2v) is 2.22. The van der Waals surface area contributed by atoms with Gasteiger partial charge in [-0.2, -0.15) is 0 Å². The molecule has 0 aromatic carbocycles. The third-order valence-electron chi connectivity index (χ3n) is 1.17. The van der Waals surface area contributed by atoms with Gasteiger partial charge in [0.05, 0.1) is 23.0 Å². The zero-order valence-corrected chi connectivity index (χ0v) is 5.97. The molecule has 0 amide bonds. The van der Waals surface area contributed by atoms with Gasteiger partial charge >= 0.3 is 0 Å². The van der Waals surface area contributed by atoms with Crippen LogP contribution in [0, 0.1) is 0 Å². The summed E-state index contributed by atoms with van der Waals surface area (Å²) in [6, 6.07) is 1.58. The molecule has 0 saturated heterocycles. The fraction of sp³-hybridized carbons (Fsp3) is 0.167. The molecule has 4 heteroatoms. The fourth-order valence-electron chi connectivity index (χ4n) is 0.616. The van der Waals surface area contributed by atoms with Crippen LogP contribution in [0.1, 0.15) is 5.69 Å². The number of nitrogens with two attached hydrogens (primary N) is 1. The van der Waals surface area contributed by atoms with Gasteiger partial charge in [-0.15, -0.1) is 0 Å². The van der Waals surface area contributed by atoms with Crippen molar-refractivity contribution in [1.82, 2.24) is 4.98 Å². The Morgan fingerprint density at radius 2 is 2.40 bits per heavy atom. The number of nitrogens with zero attached hydrogens (tertiary/aromatic N) is 1. The van der Waals surface area contributed by atoms with Gasteiger partial charge in [0.15, 0.2) is 0 Å². The molecule has 0 saturated carbocycles. The van der Waals surface area contributed by atoms with Crippen LogP contribution in [0.25, 0.3) is 0 Å². The zero-order chi connectivity index (χ0) is 7.56. The van der Waals surface area contributed by atoms with Crippen molar-refractivity contribution >= 4 is 17.3 Å². The molecule has 0 fully saturated rings. The topological polar surface area (TPSA) is 59.1 Å². The van der Waals surface area contributed by atoms with E-state index in [2.05, 4.69) is 4.98 Å². The lowest BCUT2D eigenvalue weighted by Gasteiger charge is -2.00. The van der Waals surface area contributed by atoms with Gasteiger partial charge in [-0.25, -0.2) is 0 Å². The highest BCUT2D eigenvalue weighted by atomic mass is 35.5. The Morgan fingerprint density at radius 3 is 2.90 bits per heavy atom. The number of hydrogen-bond acceptors (Lipinski definition) is 3. The molecule has 1 aromatic heterocycles. The smallest absolute Gasteiger partial charge is 0.0902 e. The Hall–Kier alpha value is -0.800. The minimum Gasteiger partial charge on any atom is -0.396 e. The van der Waals surface area contributed by atoms with Crippen LogP contribution in [0.15, 0.2) is 12.3 Å². The van der Waals surface area contributed by atoms with Crippen molar-refractivity contribution in [1.29, 1.82) is 0 Å². The zero-order valence-electron chi connectivity index (χ0n) is 5.21. The number of aliphatic hydroxyl groups is 1. The highest BCUT2D eigenvalue weighted by molar-refractivity contribution is 6.33. The third kappa shape index (κ3) is 1.20. The second kappa shape index (κ2) is 2.86. The van der Waals surface area contributed by atoms with Crippen molar-refractivity contribution in [3.8, 4) is 0 Å². The van der Waals surface area contributed by atoms with Gasteiger partial charge in [0.2, 0.25) is 0 Å². The number of hydrogen-bond donors (Lipinski definition) is 2. The lowest BCUT2D eigenvalue weighted by Crippen LogP contribution is -1.97. The van der Waals surface area contributed by atoms with Gasteiger partial charge in [0.1, 0.15) is 0 Å². The predicted molar refractivity (Wildman–Crippen MR) is 39.6 cm³/mol. The van der Waals surface area contributed by atoms with Crippen LogP contribution >= 0.6 is 11.6 Å². The Morgan fingerprint density at radius 1 is 1.70 bits per heavy atom. The standard InChI is InChI=1S/C6H7ClN2O/c7-4-1-2-9-5(3-10)6(4)8/h1-2,10H,3,8H2. The van der Waals surface area contributed by atoms with E-state index >= 15 is 0 Å². The summed E-state index contributed by atoms with van der Waals surface area (Å²) >= 11 is 5.62. The maximum Gasteiger partial charge on any atom is 0.0902 e. The lowest BCUT2D eigenvalue weighted by atomic mass is 10.3. The van der Waals surface area contributed by atoms with Crippen LogP contribution in [0.4, 0.5) is 5.69 Å². The number of anilines is 1. The number of halogens is 1. The maximum atomic E-state index is 8.64. The van der Waals surface area contributed by atoms with E-state index in [1.165, 1.54) is 6.20 Å². The highest BCUT2D eigenvalue weighted by Crippen LogP contribution is 2.19. The fourth-order valence-corrected chi connectivity index (χ4v) is 0.781. The van der Waals surface area contributed by atoms with Crippen molar-refractivity contribution in [2.24, 2.45) is 0 Å². The highest BCUT2D eigenvalue weighted by Gasteiger charge is 2.01. The first-order valence-electron chi connectivity index (χ1n) is 2.75.